The number of aliphatic hydroxyl groups is 1. The zero-order valence-electron chi connectivity index (χ0n) is 12.1. The van der Waals surface area contributed by atoms with E-state index in [-0.39, 0.29) is 6.10 Å². The molecule has 6 heteroatoms. The fourth-order valence-electron chi connectivity index (χ4n) is 2.28. The number of aliphatic hydroxyl groups excluding tert-OH is 1. The molecule has 0 saturated carbocycles. The van der Waals surface area contributed by atoms with Crippen molar-refractivity contribution in [3.8, 4) is 0 Å². The van der Waals surface area contributed by atoms with Crippen molar-refractivity contribution >= 4 is 0 Å². The van der Waals surface area contributed by atoms with Gasteiger partial charge in [0.05, 0.1) is 25.4 Å². The molecule has 2 atom stereocenters. The van der Waals surface area contributed by atoms with E-state index in [0.717, 1.165) is 38.2 Å². The number of ether oxygens (including phenoxy) is 2. The van der Waals surface area contributed by atoms with Crippen LogP contribution in [0.2, 0.25) is 0 Å². The number of imidazole rings is 1. The molecule has 0 aliphatic carbocycles. The molecule has 1 aromatic heterocycles. The van der Waals surface area contributed by atoms with Crippen LogP contribution in [0.3, 0.4) is 0 Å². The predicted octanol–water partition coefficient (Wildman–Crippen LogP) is 0.109. The van der Waals surface area contributed by atoms with Crippen LogP contribution in [-0.2, 0) is 22.9 Å². The summed E-state index contributed by atoms with van der Waals surface area (Å²) >= 11 is 0. The quantitative estimate of drug-likeness (QED) is 0.630. The smallest absolute Gasteiger partial charge is 0.109 e. The Morgan fingerprint density at radius 1 is 1.65 bits per heavy atom. The molecule has 1 aromatic rings. The second kappa shape index (κ2) is 8.36. The normalized spacial score (nSPS) is 20.4. The van der Waals surface area contributed by atoms with Gasteiger partial charge in [0.15, 0.2) is 0 Å². The van der Waals surface area contributed by atoms with Crippen molar-refractivity contribution in [2.75, 3.05) is 32.9 Å². The monoisotopic (exact) mass is 283 g/mol. The topological polar surface area (TPSA) is 68.5 Å². The molecule has 0 aromatic carbocycles. The van der Waals surface area contributed by atoms with Crippen LogP contribution in [0.5, 0.6) is 0 Å². The summed E-state index contributed by atoms with van der Waals surface area (Å²) in [4.78, 5) is 4.25. The maximum Gasteiger partial charge on any atom is 0.109 e. The Labute approximate surface area is 120 Å². The summed E-state index contributed by atoms with van der Waals surface area (Å²) < 4.78 is 12.9. The minimum atomic E-state index is -0.474. The standard InChI is InChI=1S/C14H25N3O3/c1-17-7-6-16-14(17)4-5-15-9-12(18)10-19-11-13-3-2-8-20-13/h6-7,12-13,15,18H,2-5,8-11H2,1H3. The Morgan fingerprint density at radius 2 is 2.55 bits per heavy atom. The van der Waals surface area contributed by atoms with E-state index in [4.69, 9.17) is 9.47 Å². The molecule has 114 valence electrons. The zero-order chi connectivity index (χ0) is 14.2. The van der Waals surface area contributed by atoms with E-state index in [1.807, 2.05) is 17.8 Å². The van der Waals surface area contributed by atoms with Crippen molar-refractivity contribution in [1.82, 2.24) is 14.9 Å². The van der Waals surface area contributed by atoms with Crippen LogP contribution >= 0.6 is 0 Å². The molecule has 1 fully saturated rings. The van der Waals surface area contributed by atoms with Gasteiger partial charge in [0, 0.05) is 45.6 Å². The van der Waals surface area contributed by atoms with Gasteiger partial charge in [0.25, 0.3) is 0 Å². The summed E-state index contributed by atoms with van der Waals surface area (Å²) in [6.45, 7) is 3.12. The molecule has 2 heterocycles. The SMILES string of the molecule is Cn1ccnc1CCNCC(O)COCC1CCCO1. The van der Waals surface area contributed by atoms with E-state index in [2.05, 4.69) is 10.3 Å². The highest BCUT2D eigenvalue weighted by molar-refractivity contribution is 4.91. The molecule has 1 saturated heterocycles. The van der Waals surface area contributed by atoms with Crippen LogP contribution in [0.25, 0.3) is 0 Å². The molecule has 2 unspecified atom stereocenters. The van der Waals surface area contributed by atoms with E-state index < -0.39 is 6.10 Å². The summed E-state index contributed by atoms with van der Waals surface area (Å²) in [6.07, 6.45) is 6.51. The van der Waals surface area contributed by atoms with Gasteiger partial charge in [-0.05, 0) is 12.8 Å². The average Bonchev–Trinajstić information content (AvgIpc) is 3.07. The zero-order valence-corrected chi connectivity index (χ0v) is 12.1. The minimum Gasteiger partial charge on any atom is -0.389 e. The Morgan fingerprint density at radius 3 is 3.25 bits per heavy atom. The van der Waals surface area contributed by atoms with Crippen LogP contribution in [0.15, 0.2) is 12.4 Å². The van der Waals surface area contributed by atoms with Crippen LogP contribution in [0, 0.1) is 0 Å². The van der Waals surface area contributed by atoms with Crippen LogP contribution in [0.1, 0.15) is 18.7 Å². The highest BCUT2D eigenvalue weighted by Gasteiger charge is 2.16. The Bertz CT molecular complexity index is 377. The van der Waals surface area contributed by atoms with E-state index in [0.29, 0.717) is 19.8 Å². The largest absolute Gasteiger partial charge is 0.389 e. The van der Waals surface area contributed by atoms with Crippen molar-refractivity contribution in [3.05, 3.63) is 18.2 Å². The molecule has 2 N–H and O–H groups in total. The van der Waals surface area contributed by atoms with Crippen molar-refractivity contribution in [1.29, 1.82) is 0 Å². The van der Waals surface area contributed by atoms with Gasteiger partial charge < -0.3 is 24.5 Å². The van der Waals surface area contributed by atoms with E-state index in [1.165, 1.54) is 0 Å². The van der Waals surface area contributed by atoms with Gasteiger partial charge >= 0.3 is 0 Å². The summed E-state index contributed by atoms with van der Waals surface area (Å²) in [5.41, 5.74) is 0. The van der Waals surface area contributed by atoms with E-state index >= 15 is 0 Å². The molecule has 1 aliphatic rings. The summed E-state index contributed by atoms with van der Waals surface area (Å²) in [5, 5.41) is 13.0. The van der Waals surface area contributed by atoms with E-state index in [9.17, 15) is 5.11 Å². The number of rotatable bonds is 9. The van der Waals surface area contributed by atoms with Crippen molar-refractivity contribution in [3.63, 3.8) is 0 Å². The molecule has 0 spiro atoms. The number of nitrogens with zero attached hydrogens (tertiary/aromatic N) is 2. The highest BCUT2D eigenvalue weighted by atomic mass is 16.5. The van der Waals surface area contributed by atoms with Gasteiger partial charge in [-0.2, -0.15) is 0 Å². The fraction of sp³-hybridized carbons (Fsp3) is 0.786. The van der Waals surface area contributed by atoms with Gasteiger partial charge in [0.2, 0.25) is 0 Å². The van der Waals surface area contributed by atoms with E-state index in [1.54, 1.807) is 6.20 Å². The number of aromatic nitrogens is 2. The lowest BCUT2D eigenvalue weighted by molar-refractivity contribution is -0.0163. The molecule has 0 radical (unpaired) electrons. The summed E-state index contributed by atoms with van der Waals surface area (Å²) in [5.74, 6) is 1.04. The van der Waals surface area contributed by atoms with Gasteiger partial charge in [-0.1, -0.05) is 0 Å². The van der Waals surface area contributed by atoms with Gasteiger partial charge in [-0.15, -0.1) is 0 Å². The lowest BCUT2D eigenvalue weighted by Gasteiger charge is -2.14. The highest BCUT2D eigenvalue weighted by Crippen LogP contribution is 2.11. The third-order valence-corrected chi connectivity index (χ3v) is 3.46. The first-order valence-electron chi connectivity index (χ1n) is 7.30. The molecule has 6 nitrogen and oxygen atoms in total. The Kier molecular flexibility index (Phi) is 6.46. The lowest BCUT2D eigenvalue weighted by atomic mass is 10.2. The van der Waals surface area contributed by atoms with Gasteiger partial charge in [-0.3, -0.25) is 0 Å². The van der Waals surface area contributed by atoms with Crippen LogP contribution < -0.4 is 5.32 Å². The second-order valence-corrected chi connectivity index (χ2v) is 5.23. The maximum atomic E-state index is 9.79. The van der Waals surface area contributed by atoms with Crippen molar-refractivity contribution in [2.24, 2.45) is 7.05 Å². The average molecular weight is 283 g/mol. The third-order valence-electron chi connectivity index (χ3n) is 3.46. The Hall–Kier alpha value is -0.950. The van der Waals surface area contributed by atoms with Crippen LogP contribution in [-0.4, -0.2) is 59.8 Å². The van der Waals surface area contributed by atoms with Gasteiger partial charge in [-0.25, -0.2) is 4.98 Å². The fourth-order valence-corrected chi connectivity index (χ4v) is 2.28. The first-order valence-corrected chi connectivity index (χ1v) is 7.30. The first-order chi connectivity index (χ1) is 9.75. The first kappa shape index (κ1) is 15.4. The van der Waals surface area contributed by atoms with Gasteiger partial charge in [0.1, 0.15) is 5.82 Å². The second-order valence-electron chi connectivity index (χ2n) is 5.23. The molecular formula is C14H25N3O3. The minimum absolute atomic E-state index is 0.221. The van der Waals surface area contributed by atoms with Crippen molar-refractivity contribution < 1.29 is 14.6 Å². The maximum absolute atomic E-state index is 9.79. The number of aryl methyl sites for hydroxylation is 1. The number of hydrogen-bond donors (Lipinski definition) is 2. The lowest BCUT2D eigenvalue weighted by Crippen LogP contribution is -2.32. The molecule has 2 rings (SSSR count). The summed E-state index contributed by atoms with van der Waals surface area (Å²) in [7, 11) is 1.98. The number of nitrogens with one attached hydrogen (secondary N) is 1. The summed E-state index contributed by atoms with van der Waals surface area (Å²) in [6, 6.07) is 0. The third kappa shape index (κ3) is 5.20. The molecule has 20 heavy (non-hydrogen) atoms. The van der Waals surface area contributed by atoms with Crippen LogP contribution in [0.4, 0.5) is 0 Å². The molecule has 1 aliphatic heterocycles. The molecule has 0 bridgehead atoms. The molecular weight excluding hydrogens is 258 g/mol. The number of hydrogen-bond acceptors (Lipinski definition) is 5. The molecule has 0 amide bonds. The Balaban J connectivity index is 1.47. The van der Waals surface area contributed by atoms with Crippen molar-refractivity contribution in [2.45, 2.75) is 31.5 Å². The predicted molar refractivity (Wildman–Crippen MR) is 75.6 cm³/mol.